The highest BCUT2D eigenvalue weighted by atomic mass is 32.1. The molecule has 10 heteroatoms. The Morgan fingerprint density at radius 1 is 1.17 bits per heavy atom. The summed E-state index contributed by atoms with van der Waals surface area (Å²) in [6.45, 7) is 0.730. The standard InChI is InChI=1S/C26H25F2N3O4S/c1-5-34-24(33)21-15(2)29-26-31(22(21)17-8-10-18(11-9-17)30(3)4)23(32)20(36-26)14-16-6-12-19(13-7-16)35-25(27)28/h6-14,22,25H,5H2,1-4H3/b20-14+/t22-/m1/s1. The molecule has 0 bridgehead atoms. The number of allylic oxidation sites excluding steroid dienone is 1. The minimum Gasteiger partial charge on any atom is -0.463 e. The van der Waals surface area contributed by atoms with Gasteiger partial charge in [0, 0.05) is 19.8 Å². The fourth-order valence-corrected chi connectivity index (χ4v) is 5.01. The third-order valence-electron chi connectivity index (χ3n) is 5.65. The predicted molar refractivity (Wildman–Crippen MR) is 134 cm³/mol. The lowest BCUT2D eigenvalue weighted by molar-refractivity contribution is -0.139. The van der Waals surface area contributed by atoms with Gasteiger partial charge in [-0.15, -0.1) is 0 Å². The van der Waals surface area contributed by atoms with Crippen LogP contribution in [0.1, 0.15) is 31.0 Å². The number of aromatic nitrogens is 1. The summed E-state index contributed by atoms with van der Waals surface area (Å²) in [5.74, 6) is -0.496. The van der Waals surface area contributed by atoms with Crippen molar-refractivity contribution < 1.29 is 23.0 Å². The van der Waals surface area contributed by atoms with Gasteiger partial charge in [-0.3, -0.25) is 9.36 Å². The van der Waals surface area contributed by atoms with Crippen LogP contribution in [0, 0.1) is 0 Å². The highest BCUT2D eigenvalue weighted by Crippen LogP contribution is 2.31. The second-order valence-corrected chi connectivity index (χ2v) is 9.24. The van der Waals surface area contributed by atoms with Crippen molar-refractivity contribution in [2.75, 3.05) is 25.6 Å². The maximum atomic E-state index is 13.6. The van der Waals surface area contributed by atoms with Crippen LogP contribution in [0.4, 0.5) is 14.5 Å². The lowest BCUT2D eigenvalue weighted by atomic mass is 9.95. The van der Waals surface area contributed by atoms with E-state index in [0.29, 0.717) is 26.2 Å². The molecule has 4 rings (SSSR count). The van der Waals surface area contributed by atoms with Crippen molar-refractivity contribution in [2.45, 2.75) is 26.5 Å². The molecule has 0 spiro atoms. The topological polar surface area (TPSA) is 73.1 Å². The molecule has 1 aliphatic rings. The zero-order valence-corrected chi connectivity index (χ0v) is 21.0. The van der Waals surface area contributed by atoms with E-state index in [1.807, 2.05) is 43.3 Å². The number of ether oxygens (including phenoxy) is 2. The number of thiazole rings is 1. The minimum absolute atomic E-state index is 0.0273. The Morgan fingerprint density at radius 2 is 1.83 bits per heavy atom. The van der Waals surface area contributed by atoms with E-state index in [4.69, 9.17) is 4.74 Å². The van der Waals surface area contributed by atoms with Gasteiger partial charge in [-0.25, -0.2) is 9.79 Å². The average molecular weight is 514 g/mol. The monoisotopic (exact) mass is 513 g/mol. The molecule has 2 heterocycles. The van der Waals surface area contributed by atoms with Crippen LogP contribution in [0.2, 0.25) is 0 Å². The molecule has 7 nitrogen and oxygen atoms in total. The second kappa shape index (κ2) is 10.4. The van der Waals surface area contributed by atoms with Crippen molar-refractivity contribution in [3.8, 4) is 5.75 Å². The van der Waals surface area contributed by atoms with Gasteiger partial charge in [0.15, 0.2) is 4.80 Å². The van der Waals surface area contributed by atoms with Gasteiger partial charge in [-0.2, -0.15) is 8.78 Å². The summed E-state index contributed by atoms with van der Waals surface area (Å²) in [4.78, 5) is 33.5. The third-order valence-corrected chi connectivity index (χ3v) is 6.63. The summed E-state index contributed by atoms with van der Waals surface area (Å²) >= 11 is 1.19. The number of rotatable bonds is 7. The summed E-state index contributed by atoms with van der Waals surface area (Å²) in [5, 5.41) is 0. The Bertz CT molecular complexity index is 1470. The van der Waals surface area contributed by atoms with Crippen molar-refractivity contribution >= 4 is 29.1 Å². The van der Waals surface area contributed by atoms with Crippen LogP contribution in [-0.4, -0.2) is 37.9 Å². The summed E-state index contributed by atoms with van der Waals surface area (Å²) in [5.41, 5.74) is 2.83. The van der Waals surface area contributed by atoms with E-state index in [1.165, 1.54) is 28.0 Å². The first-order valence-corrected chi connectivity index (χ1v) is 12.0. The molecule has 0 saturated carbocycles. The number of alkyl halides is 2. The summed E-state index contributed by atoms with van der Waals surface area (Å²) in [6, 6.07) is 12.9. The van der Waals surface area contributed by atoms with Gasteiger partial charge in [0.25, 0.3) is 5.56 Å². The van der Waals surface area contributed by atoms with Crippen LogP contribution >= 0.6 is 11.3 Å². The Labute approximate surface area is 210 Å². The third kappa shape index (κ3) is 5.08. The normalized spacial score (nSPS) is 15.5. The molecule has 0 saturated heterocycles. The molecule has 0 N–H and O–H groups in total. The highest BCUT2D eigenvalue weighted by Gasteiger charge is 2.33. The molecule has 2 aromatic carbocycles. The first-order valence-electron chi connectivity index (χ1n) is 11.2. The van der Waals surface area contributed by atoms with Crippen molar-refractivity contribution in [3.05, 3.63) is 90.6 Å². The lowest BCUT2D eigenvalue weighted by Gasteiger charge is -2.25. The van der Waals surface area contributed by atoms with Crippen LogP contribution in [0.25, 0.3) is 6.08 Å². The van der Waals surface area contributed by atoms with E-state index >= 15 is 0 Å². The number of benzene rings is 2. The van der Waals surface area contributed by atoms with Gasteiger partial charge < -0.3 is 14.4 Å². The maximum Gasteiger partial charge on any atom is 0.387 e. The maximum absolute atomic E-state index is 13.6. The zero-order valence-electron chi connectivity index (χ0n) is 20.2. The molecule has 0 unspecified atom stereocenters. The average Bonchev–Trinajstić information content (AvgIpc) is 3.13. The van der Waals surface area contributed by atoms with Crippen LogP contribution in [0.3, 0.4) is 0 Å². The Hall–Kier alpha value is -3.79. The number of halogens is 2. The molecule has 3 aromatic rings. The molecule has 0 amide bonds. The fraction of sp³-hybridized carbons (Fsp3) is 0.269. The molecule has 0 radical (unpaired) electrons. The molecule has 1 aliphatic heterocycles. The van der Waals surface area contributed by atoms with Crippen LogP contribution in [0.5, 0.6) is 5.75 Å². The Kier molecular flexibility index (Phi) is 7.35. The van der Waals surface area contributed by atoms with Crippen molar-refractivity contribution in [1.82, 2.24) is 4.57 Å². The van der Waals surface area contributed by atoms with Crippen molar-refractivity contribution in [1.29, 1.82) is 0 Å². The number of carbonyl (C=O) groups excluding carboxylic acids is 1. The van der Waals surface area contributed by atoms with E-state index in [1.54, 1.807) is 32.1 Å². The van der Waals surface area contributed by atoms with E-state index in [-0.39, 0.29) is 17.9 Å². The Balaban J connectivity index is 1.85. The lowest BCUT2D eigenvalue weighted by Crippen LogP contribution is -2.39. The number of fused-ring (bicyclic) bond motifs is 1. The fourth-order valence-electron chi connectivity index (χ4n) is 3.96. The van der Waals surface area contributed by atoms with Gasteiger partial charge in [0.1, 0.15) is 5.75 Å². The number of nitrogens with zero attached hydrogens (tertiary/aromatic N) is 3. The summed E-state index contributed by atoms with van der Waals surface area (Å²) < 4.78 is 36.5. The first kappa shape index (κ1) is 25.3. The molecule has 36 heavy (non-hydrogen) atoms. The number of hydrogen-bond acceptors (Lipinski definition) is 7. The predicted octanol–water partition coefficient (Wildman–Crippen LogP) is 3.47. The van der Waals surface area contributed by atoms with Gasteiger partial charge in [-0.05, 0) is 55.3 Å². The molecule has 1 aromatic heterocycles. The van der Waals surface area contributed by atoms with Gasteiger partial charge >= 0.3 is 12.6 Å². The SMILES string of the molecule is CCOC(=O)C1=C(C)N=c2s/c(=C/c3ccc(OC(F)F)cc3)c(=O)n2[C@@H]1c1ccc(N(C)C)cc1. The molecule has 0 fully saturated rings. The second-order valence-electron chi connectivity index (χ2n) is 8.24. The molecule has 188 valence electrons. The van der Waals surface area contributed by atoms with E-state index in [2.05, 4.69) is 9.73 Å². The number of carbonyl (C=O) groups is 1. The highest BCUT2D eigenvalue weighted by molar-refractivity contribution is 7.07. The van der Waals surface area contributed by atoms with Crippen molar-refractivity contribution in [3.63, 3.8) is 0 Å². The number of hydrogen-bond donors (Lipinski definition) is 0. The minimum atomic E-state index is -2.91. The van der Waals surface area contributed by atoms with Crippen LogP contribution in [0.15, 0.2) is 69.6 Å². The zero-order chi connectivity index (χ0) is 26.0. The number of esters is 1. The van der Waals surface area contributed by atoms with Gasteiger partial charge in [-0.1, -0.05) is 35.6 Å². The molecular weight excluding hydrogens is 488 g/mol. The number of anilines is 1. The quantitative estimate of drug-likeness (QED) is 0.453. The van der Waals surface area contributed by atoms with E-state index in [0.717, 1.165) is 11.3 Å². The largest absolute Gasteiger partial charge is 0.463 e. The van der Waals surface area contributed by atoms with Crippen LogP contribution < -0.4 is 24.5 Å². The smallest absolute Gasteiger partial charge is 0.387 e. The van der Waals surface area contributed by atoms with Gasteiger partial charge in [0.2, 0.25) is 0 Å². The molecule has 1 atom stereocenters. The Morgan fingerprint density at radius 3 is 2.42 bits per heavy atom. The van der Waals surface area contributed by atoms with Crippen molar-refractivity contribution in [2.24, 2.45) is 4.99 Å². The van der Waals surface area contributed by atoms with Crippen LogP contribution in [-0.2, 0) is 9.53 Å². The molecule has 0 aliphatic carbocycles. The summed E-state index contributed by atoms with van der Waals surface area (Å²) in [7, 11) is 3.86. The van der Waals surface area contributed by atoms with E-state index < -0.39 is 18.6 Å². The summed E-state index contributed by atoms with van der Waals surface area (Å²) in [6.07, 6.45) is 1.66. The molecular formula is C26H25F2N3O4S. The first-order chi connectivity index (χ1) is 17.2. The van der Waals surface area contributed by atoms with Gasteiger partial charge in [0.05, 0.1) is 28.5 Å². The van der Waals surface area contributed by atoms with E-state index in [9.17, 15) is 18.4 Å².